The number of carbonyl (C=O) groups excluding carboxylic acids is 2. The van der Waals surface area contributed by atoms with E-state index in [-0.39, 0.29) is 27.8 Å². The predicted molar refractivity (Wildman–Crippen MR) is 99.8 cm³/mol. The molecule has 1 aliphatic rings. The fourth-order valence-electron chi connectivity index (χ4n) is 2.44. The highest BCUT2D eigenvalue weighted by molar-refractivity contribution is 7.92. The molecule has 1 amide bonds. The number of nitrogens with one attached hydrogen (secondary N) is 2. The van der Waals surface area contributed by atoms with Gasteiger partial charge in [0, 0.05) is 6.04 Å². The Morgan fingerprint density at radius 2 is 1.89 bits per heavy atom. The molecule has 0 radical (unpaired) electrons. The summed E-state index contributed by atoms with van der Waals surface area (Å²) in [5.74, 6) is -1.76. The van der Waals surface area contributed by atoms with Crippen LogP contribution in [0.2, 0.25) is 0 Å². The lowest BCUT2D eigenvalue weighted by atomic mass is 10.2. The number of aryl methyl sites for hydroxylation is 1. The van der Waals surface area contributed by atoms with Gasteiger partial charge in [0.1, 0.15) is 5.82 Å². The van der Waals surface area contributed by atoms with Crippen molar-refractivity contribution in [3.63, 3.8) is 0 Å². The van der Waals surface area contributed by atoms with Crippen LogP contribution in [0.3, 0.4) is 0 Å². The Hall–Kier alpha value is -2.94. The van der Waals surface area contributed by atoms with Gasteiger partial charge >= 0.3 is 5.97 Å². The van der Waals surface area contributed by atoms with E-state index in [1.807, 2.05) is 0 Å². The molecule has 0 saturated heterocycles. The molecule has 0 aliphatic heterocycles. The normalized spacial score (nSPS) is 13.6. The van der Waals surface area contributed by atoms with Crippen LogP contribution in [0.15, 0.2) is 47.4 Å². The summed E-state index contributed by atoms with van der Waals surface area (Å²) in [4.78, 5) is 23.8. The van der Waals surface area contributed by atoms with Crippen molar-refractivity contribution in [2.24, 2.45) is 0 Å². The number of esters is 1. The Morgan fingerprint density at radius 1 is 1.18 bits per heavy atom. The van der Waals surface area contributed by atoms with Crippen LogP contribution in [-0.4, -0.2) is 32.9 Å². The number of amides is 1. The van der Waals surface area contributed by atoms with Crippen LogP contribution in [0.25, 0.3) is 0 Å². The molecule has 0 bridgehead atoms. The lowest BCUT2D eigenvalue weighted by Crippen LogP contribution is -2.30. The molecule has 0 atom stereocenters. The van der Waals surface area contributed by atoms with Crippen molar-refractivity contribution in [1.82, 2.24) is 5.32 Å². The number of rotatable bonds is 7. The number of para-hydroxylation sites is 1. The van der Waals surface area contributed by atoms with E-state index >= 15 is 0 Å². The van der Waals surface area contributed by atoms with Gasteiger partial charge in [0.05, 0.1) is 16.1 Å². The molecule has 2 aromatic carbocycles. The number of carbonyl (C=O) groups is 2. The van der Waals surface area contributed by atoms with E-state index in [0.717, 1.165) is 25.0 Å². The van der Waals surface area contributed by atoms with Gasteiger partial charge in [-0.25, -0.2) is 17.6 Å². The van der Waals surface area contributed by atoms with Gasteiger partial charge in [-0.1, -0.05) is 12.1 Å². The van der Waals surface area contributed by atoms with E-state index in [0.29, 0.717) is 0 Å². The van der Waals surface area contributed by atoms with Crippen LogP contribution in [0.4, 0.5) is 10.1 Å². The molecule has 2 aromatic rings. The van der Waals surface area contributed by atoms with Gasteiger partial charge in [-0.2, -0.15) is 0 Å². The summed E-state index contributed by atoms with van der Waals surface area (Å²) in [6.45, 7) is 1.000. The Bertz CT molecular complexity index is 1020. The third-order valence-electron chi connectivity index (χ3n) is 4.11. The first kappa shape index (κ1) is 19.8. The molecular formula is C19H19FN2O5S. The zero-order valence-corrected chi connectivity index (χ0v) is 15.9. The number of hydrogen-bond donors (Lipinski definition) is 2. The maximum absolute atomic E-state index is 13.4. The molecule has 1 fully saturated rings. The zero-order chi connectivity index (χ0) is 20.3. The maximum Gasteiger partial charge on any atom is 0.340 e. The summed E-state index contributed by atoms with van der Waals surface area (Å²) in [5.41, 5.74) is 0.137. The summed E-state index contributed by atoms with van der Waals surface area (Å²) >= 11 is 0. The molecule has 9 heteroatoms. The molecule has 28 heavy (non-hydrogen) atoms. The molecular weight excluding hydrogens is 387 g/mol. The second-order valence-corrected chi connectivity index (χ2v) is 8.16. The van der Waals surface area contributed by atoms with Crippen LogP contribution in [0.1, 0.15) is 28.8 Å². The third kappa shape index (κ3) is 4.86. The topological polar surface area (TPSA) is 102 Å². The number of hydrogen-bond acceptors (Lipinski definition) is 5. The molecule has 0 heterocycles. The van der Waals surface area contributed by atoms with Crippen LogP contribution >= 0.6 is 0 Å². The summed E-state index contributed by atoms with van der Waals surface area (Å²) in [6, 6.07) is 9.40. The minimum atomic E-state index is -4.05. The SMILES string of the molecule is Cc1cc(S(=O)(=O)Nc2ccccc2C(=O)OCC(=O)NC2CC2)ccc1F. The Balaban J connectivity index is 1.74. The first-order valence-corrected chi connectivity index (χ1v) is 10.1. The van der Waals surface area contributed by atoms with E-state index in [4.69, 9.17) is 4.74 Å². The molecule has 148 valence electrons. The third-order valence-corrected chi connectivity index (χ3v) is 5.47. The quantitative estimate of drug-likeness (QED) is 0.688. The van der Waals surface area contributed by atoms with Gasteiger partial charge in [-0.05, 0) is 55.7 Å². The van der Waals surface area contributed by atoms with Gasteiger partial charge in [0.2, 0.25) is 0 Å². The average Bonchev–Trinajstić information content (AvgIpc) is 3.46. The van der Waals surface area contributed by atoms with Gasteiger partial charge in [0.25, 0.3) is 15.9 Å². The fraction of sp³-hybridized carbons (Fsp3) is 0.263. The van der Waals surface area contributed by atoms with Crippen molar-refractivity contribution in [2.75, 3.05) is 11.3 Å². The van der Waals surface area contributed by atoms with Crippen LogP contribution in [-0.2, 0) is 19.6 Å². The number of sulfonamides is 1. The van der Waals surface area contributed by atoms with E-state index < -0.39 is 34.3 Å². The molecule has 3 rings (SSSR count). The molecule has 2 N–H and O–H groups in total. The largest absolute Gasteiger partial charge is 0.452 e. The van der Waals surface area contributed by atoms with E-state index in [2.05, 4.69) is 10.0 Å². The van der Waals surface area contributed by atoms with Crippen molar-refractivity contribution in [3.05, 3.63) is 59.4 Å². The molecule has 7 nitrogen and oxygen atoms in total. The van der Waals surface area contributed by atoms with Gasteiger partial charge in [0.15, 0.2) is 6.61 Å². The number of benzene rings is 2. The van der Waals surface area contributed by atoms with E-state index in [9.17, 15) is 22.4 Å². The summed E-state index contributed by atoms with van der Waals surface area (Å²) in [5, 5.41) is 2.69. The van der Waals surface area contributed by atoms with Gasteiger partial charge in [-0.15, -0.1) is 0 Å². The van der Waals surface area contributed by atoms with Crippen molar-refractivity contribution < 1.29 is 27.1 Å². The molecule has 0 aromatic heterocycles. The Kier molecular flexibility index (Phi) is 5.64. The average molecular weight is 406 g/mol. The lowest BCUT2D eigenvalue weighted by Gasteiger charge is -2.13. The summed E-state index contributed by atoms with van der Waals surface area (Å²) in [6.07, 6.45) is 1.82. The van der Waals surface area contributed by atoms with Crippen LogP contribution in [0, 0.1) is 12.7 Å². The fourth-order valence-corrected chi connectivity index (χ4v) is 3.61. The minimum absolute atomic E-state index is 0.00270. The highest BCUT2D eigenvalue weighted by Gasteiger charge is 2.24. The highest BCUT2D eigenvalue weighted by Crippen LogP contribution is 2.22. The van der Waals surface area contributed by atoms with Crippen molar-refractivity contribution in [2.45, 2.75) is 30.7 Å². The number of ether oxygens (including phenoxy) is 1. The molecule has 1 aliphatic carbocycles. The standard InChI is InChI=1S/C19H19FN2O5S/c1-12-10-14(8-9-16(12)20)28(25,26)22-17-5-3-2-4-15(17)19(24)27-11-18(23)21-13-6-7-13/h2-5,8-10,13,22H,6-7,11H2,1H3,(H,21,23). The Labute approximate surface area is 161 Å². The highest BCUT2D eigenvalue weighted by atomic mass is 32.2. The zero-order valence-electron chi connectivity index (χ0n) is 15.1. The van der Waals surface area contributed by atoms with Crippen LogP contribution in [0.5, 0.6) is 0 Å². The second-order valence-electron chi connectivity index (χ2n) is 6.48. The molecule has 1 saturated carbocycles. The van der Waals surface area contributed by atoms with Crippen LogP contribution < -0.4 is 10.0 Å². The predicted octanol–water partition coefficient (Wildman–Crippen LogP) is 2.37. The first-order valence-electron chi connectivity index (χ1n) is 8.61. The molecule has 0 unspecified atom stereocenters. The number of anilines is 1. The van der Waals surface area contributed by atoms with Crippen molar-refractivity contribution in [3.8, 4) is 0 Å². The minimum Gasteiger partial charge on any atom is -0.452 e. The lowest BCUT2D eigenvalue weighted by molar-refractivity contribution is -0.124. The van der Waals surface area contributed by atoms with Crippen molar-refractivity contribution in [1.29, 1.82) is 0 Å². The number of halogens is 1. The van der Waals surface area contributed by atoms with Crippen molar-refractivity contribution >= 4 is 27.6 Å². The summed E-state index contributed by atoms with van der Waals surface area (Å²) in [7, 11) is -4.05. The Morgan fingerprint density at radius 3 is 2.57 bits per heavy atom. The monoisotopic (exact) mass is 406 g/mol. The second kappa shape index (κ2) is 7.97. The van der Waals surface area contributed by atoms with E-state index in [1.165, 1.54) is 25.1 Å². The summed E-state index contributed by atoms with van der Waals surface area (Å²) < 4.78 is 45.9. The van der Waals surface area contributed by atoms with Gasteiger partial charge in [-0.3, -0.25) is 9.52 Å². The van der Waals surface area contributed by atoms with E-state index in [1.54, 1.807) is 12.1 Å². The molecule has 0 spiro atoms. The smallest absolute Gasteiger partial charge is 0.340 e. The first-order chi connectivity index (χ1) is 13.3. The maximum atomic E-state index is 13.4. The van der Waals surface area contributed by atoms with Gasteiger partial charge < -0.3 is 10.1 Å².